The minimum absolute atomic E-state index is 0.0174. The van der Waals surface area contributed by atoms with Crippen molar-refractivity contribution >= 4 is 28.4 Å². The van der Waals surface area contributed by atoms with Crippen molar-refractivity contribution in [1.29, 1.82) is 0 Å². The highest BCUT2D eigenvalue weighted by molar-refractivity contribution is 5.95. The van der Waals surface area contributed by atoms with Crippen LogP contribution >= 0.6 is 0 Å². The first-order valence-electron chi connectivity index (χ1n) is 8.61. The van der Waals surface area contributed by atoms with Gasteiger partial charge in [-0.2, -0.15) is 0 Å². The molecular weight excluding hydrogens is 333 g/mol. The number of ether oxygens (including phenoxy) is 1. The second-order valence-corrected chi connectivity index (χ2v) is 5.74. The Hall–Kier alpha value is -3.02. The van der Waals surface area contributed by atoms with Crippen LogP contribution in [-0.4, -0.2) is 29.1 Å². The molecule has 0 aliphatic carbocycles. The van der Waals surface area contributed by atoms with Crippen LogP contribution in [0.25, 0.3) is 10.9 Å². The highest BCUT2D eigenvalue weighted by Crippen LogP contribution is 2.30. The van der Waals surface area contributed by atoms with Crippen LogP contribution in [-0.2, 0) is 4.74 Å². The van der Waals surface area contributed by atoms with Gasteiger partial charge in [0.2, 0.25) is 5.82 Å². The number of nitrogens with zero attached hydrogens (tertiary/aromatic N) is 3. The standard InChI is InChI=1S/C20H20FN3O2/c1-3-13-24(15-11-9-14(21)10-12-15)19-16-7-5-6-8-17(16)22-18(23-19)20(25)26-4-2/h5-12H,3-4,13H2,1-2H3. The van der Waals surface area contributed by atoms with E-state index in [9.17, 15) is 9.18 Å². The van der Waals surface area contributed by atoms with E-state index in [2.05, 4.69) is 9.97 Å². The number of carbonyl (C=O) groups is 1. The lowest BCUT2D eigenvalue weighted by atomic mass is 10.2. The molecule has 134 valence electrons. The Kier molecular flexibility index (Phi) is 5.41. The SMILES string of the molecule is CCCN(c1ccc(F)cc1)c1nc(C(=O)OCC)nc2ccccc12. The van der Waals surface area contributed by atoms with E-state index in [1.54, 1.807) is 19.1 Å². The fraction of sp³-hybridized carbons (Fsp3) is 0.250. The lowest BCUT2D eigenvalue weighted by molar-refractivity contribution is 0.0512. The van der Waals surface area contributed by atoms with Crippen LogP contribution in [0, 0.1) is 5.82 Å². The summed E-state index contributed by atoms with van der Waals surface area (Å²) in [6.45, 7) is 4.70. The van der Waals surface area contributed by atoms with Crippen LogP contribution < -0.4 is 4.90 Å². The molecule has 3 rings (SSSR count). The number of fused-ring (bicyclic) bond motifs is 1. The van der Waals surface area contributed by atoms with Gasteiger partial charge in [0.25, 0.3) is 0 Å². The third kappa shape index (κ3) is 3.64. The van der Waals surface area contributed by atoms with E-state index in [1.807, 2.05) is 36.1 Å². The monoisotopic (exact) mass is 353 g/mol. The van der Waals surface area contributed by atoms with Crippen molar-refractivity contribution in [1.82, 2.24) is 9.97 Å². The summed E-state index contributed by atoms with van der Waals surface area (Å²) in [7, 11) is 0. The van der Waals surface area contributed by atoms with Crippen LogP contribution in [0.4, 0.5) is 15.9 Å². The first-order chi connectivity index (χ1) is 12.6. The van der Waals surface area contributed by atoms with E-state index >= 15 is 0 Å². The number of hydrogen-bond donors (Lipinski definition) is 0. The highest BCUT2D eigenvalue weighted by atomic mass is 19.1. The van der Waals surface area contributed by atoms with Crippen molar-refractivity contribution in [2.45, 2.75) is 20.3 Å². The van der Waals surface area contributed by atoms with E-state index in [1.165, 1.54) is 12.1 Å². The number of esters is 1. The smallest absolute Gasteiger partial charge is 0.376 e. The molecule has 0 bridgehead atoms. The lowest BCUT2D eigenvalue weighted by Crippen LogP contribution is -2.21. The van der Waals surface area contributed by atoms with Gasteiger partial charge in [0.05, 0.1) is 12.1 Å². The van der Waals surface area contributed by atoms with E-state index in [-0.39, 0.29) is 18.2 Å². The molecule has 0 atom stereocenters. The number of halogens is 1. The summed E-state index contributed by atoms with van der Waals surface area (Å²) in [4.78, 5) is 23.0. The Balaban J connectivity index is 2.18. The van der Waals surface area contributed by atoms with Gasteiger partial charge in [-0.05, 0) is 49.7 Å². The number of carbonyl (C=O) groups excluding carboxylic acids is 1. The van der Waals surface area contributed by atoms with Gasteiger partial charge in [0.15, 0.2) is 0 Å². The fourth-order valence-corrected chi connectivity index (χ4v) is 2.75. The van der Waals surface area contributed by atoms with Crippen molar-refractivity contribution in [3.63, 3.8) is 0 Å². The number of para-hydroxylation sites is 1. The van der Waals surface area contributed by atoms with Gasteiger partial charge in [0.1, 0.15) is 11.6 Å². The van der Waals surface area contributed by atoms with E-state index < -0.39 is 5.97 Å². The van der Waals surface area contributed by atoms with Gasteiger partial charge in [-0.1, -0.05) is 19.1 Å². The Morgan fingerprint density at radius 2 is 1.81 bits per heavy atom. The topological polar surface area (TPSA) is 55.3 Å². The van der Waals surface area contributed by atoms with Crippen molar-refractivity contribution in [3.05, 3.63) is 60.2 Å². The molecular formula is C20H20FN3O2. The Morgan fingerprint density at radius 1 is 1.08 bits per heavy atom. The fourth-order valence-electron chi connectivity index (χ4n) is 2.75. The van der Waals surface area contributed by atoms with E-state index in [0.29, 0.717) is 17.9 Å². The predicted molar refractivity (Wildman–Crippen MR) is 99.2 cm³/mol. The minimum atomic E-state index is -0.560. The number of hydrogen-bond acceptors (Lipinski definition) is 5. The molecule has 0 aliphatic heterocycles. The summed E-state index contributed by atoms with van der Waals surface area (Å²) in [5.41, 5.74) is 1.45. The van der Waals surface area contributed by atoms with Gasteiger partial charge < -0.3 is 9.64 Å². The molecule has 6 heteroatoms. The van der Waals surface area contributed by atoms with Crippen molar-refractivity contribution in [2.24, 2.45) is 0 Å². The highest BCUT2D eigenvalue weighted by Gasteiger charge is 2.19. The first kappa shape index (κ1) is 17.8. The molecule has 0 spiro atoms. The first-order valence-corrected chi connectivity index (χ1v) is 8.61. The molecule has 0 fully saturated rings. The summed E-state index contributed by atoms with van der Waals surface area (Å²) >= 11 is 0. The van der Waals surface area contributed by atoms with E-state index in [0.717, 1.165) is 17.5 Å². The van der Waals surface area contributed by atoms with Gasteiger partial charge in [-0.3, -0.25) is 0 Å². The Morgan fingerprint density at radius 3 is 2.50 bits per heavy atom. The third-order valence-electron chi connectivity index (χ3n) is 3.88. The molecule has 1 aromatic heterocycles. The summed E-state index contributed by atoms with van der Waals surface area (Å²) in [5, 5.41) is 0.818. The summed E-state index contributed by atoms with van der Waals surface area (Å²) in [6.07, 6.45) is 0.852. The third-order valence-corrected chi connectivity index (χ3v) is 3.88. The van der Waals surface area contributed by atoms with Gasteiger partial charge in [-0.25, -0.2) is 19.2 Å². The van der Waals surface area contributed by atoms with Gasteiger partial charge >= 0.3 is 5.97 Å². The molecule has 1 heterocycles. The quantitative estimate of drug-likeness (QED) is 0.611. The molecule has 0 saturated carbocycles. The zero-order chi connectivity index (χ0) is 18.5. The molecule has 2 aromatic carbocycles. The maximum absolute atomic E-state index is 13.3. The zero-order valence-corrected chi connectivity index (χ0v) is 14.8. The molecule has 26 heavy (non-hydrogen) atoms. The van der Waals surface area contributed by atoms with Crippen LogP contribution in [0.15, 0.2) is 48.5 Å². The molecule has 5 nitrogen and oxygen atoms in total. The lowest BCUT2D eigenvalue weighted by Gasteiger charge is -2.25. The number of anilines is 2. The summed E-state index contributed by atoms with van der Waals surface area (Å²) in [5.74, 6) is -0.240. The number of aromatic nitrogens is 2. The maximum Gasteiger partial charge on any atom is 0.376 e. The van der Waals surface area contributed by atoms with Gasteiger partial charge in [0, 0.05) is 17.6 Å². The average molecular weight is 353 g/mol. The van der Waals surface area contributed by atoms with Crippen LogP contribution in [0.2, 0.25) is 0 Å². The van der Waals surface area contributed by atoms with Crippen LogP contribution in [0.1, 0.15) is 30.9 Å². The normalized spacial score (nSPS) is 10.7. The largest absolute Gasteiger partial charge is 0.460 e. The number of benzene rings is 2. The van der Waals surface area contributed by atoms with Crippen LogP contribution in [0.3, 0.4) is 0 Å². The second-order valence-electron chi connectivity index (χ2n) is 5.74. The maximum atomic E-state index is 13.3. The van der Waals surface area contributed by atoms with Crippen molar-refractivity contribution < 1.29 is 13.9 Å². The molecule has 0 saturated heterocycles. The minimum Gasteiger partial charge on any atom is -0.460 e. The molecule has 0 radical (unpaired) electrons. The Labute approximate surface area is 151 Å². The number of rotatable bonds is 6. The van der Waals surface area contributed by atoms with Crippen molar-refractivity contribution in [3.8, 4) is 0 Å². The molecule has 0 N–H and O–H groups in total. The summed E-state index contributed by atoms with van der Waals surface area (Å²) in [6, 6.07) is 13.7. The molecule has 0 aliphatic rings. The average Bonchev–Trinajstić information content (AvgIpc) is 2.66. The predicted octanol–water partition coefficient (Wildman–Crippen LogP) is 4.49. The van der Waals surface area contributed by atoms with Crippen LogP contribution in [0.5, 0.6) is 0 Å². The van der Waals surface area contributed by atoms with Crippen molar-refractivity contribution in [2.75, 3.05) is 18.1 Å². The molecule has 0 unspecified atom stereocenters. The molecule has 3 aromatic rings. The zero-order valence-electron chi connectivity index (χ0n) is 14.8. The molecule has 0 amide bonds. The Bertz CT molecular complexity index is 913. The van der Waals surface area contributed by atoms with E-state index in [4.69, 9.17) is 4.74 Å². The van der Waals surface area contributed by atoms with Gasteiger partial charge in [-0.15, -0.1) is 0 Å². The summed E-state index contributed by atoms with van der Waals surface area (Å²) < 4.78 is 18.4. The second kappa shape index (κ2) is 7.91.